The van der Waals surface area contributed by atoms with Gasteiger partial charge in [-0.3, -0.25) is 9.69 Å². The van der Waals surface area contributed by atoms with Crippen molar-refractivity contribution < 1.29 is 22.5 Å². The van der Waals surface area contributed by atoms with Gasteiger partial charge in [0.15, 0.2) is 5.82 Å². The molecule has 0 aromatic carbocycles. The first-order valence-corrected chi connectivity index (χ1v) is 8.09. The minimum atomic E-state index is -4.38. The van der Waals surface area contributed by atoms with E-state index in [0.717, 1.165) is 0 Å². The first-order chi connectivity index (χ1) is 11.2. The first-order valence-electron chi connectivity index (χ1n) is 8.09. The summed E-state index contributed by atoms with van der Waals surface area (Å²) in [4.78, 5) is 18.3. The van der Waals surface area contributed by atoms with Crippen molar-refractivity contribution in [3.8, 4) is 0 Å². The highest BCUT2D eigenvalue weighted by atomic mass is 19.4. The third-order valence-corrected chi connectivity index (χ3v) is 4.24. The van der Waals surface area contributed by atoms with Crippen molar-refractivity contribution in [2.75, 3.05) is 19.6 Å². The van der Waals surface area contributed by atoms with Gasteiger partial charge in [-0.1, -0.05) is 19.0 Å². The Balaban J connectivity index is 1.84. The van der Waals surface area contributed by atoms with Crippen LogP contribution < -0.4 is 5.32 Å². The van der Waals surface area contributed by atoms with Crippen molar-refractivity contribution >= 4 is 5.91 Å². The maximum absolute atomic E-state index is 12.2. The van der Waals surface area contributed by atoms with Crippen LogP contribution in [0.5, 0.6) is 0 Å². The zero-order valence-corrected chi connectivity index (χ0v) is 14.1. The third-order valence-electron chi connectivity index (χ3n) is 4.24. The van der Waals surface area contributed by atoms with Crippen LogP contribution in [0.2, 0.25) is 0 Å². The molecule has 1 atom stereocenters. The van der Waals surface area contributed by atoms with Gasteiger partial charge in [0.05, 0.1) is 6.04 Å². The van der Waals surface area contributed by atoms with Gasteiger partial charge in [-0.15, -0.1) is 0 Å². The van der Waals surface area contributed by atoms with Gasteiger partial charge in [0, 0.05) is 11.8 Å². The van der Waals surface area contributed by atoms with Crippen LogP contribution in [0.1, 0.15) is 57.3 Å². The summed E-state index contributed by atoms with van der Waals surface area (Å²) < 4.78 is 41.7. The summed E-state index contributed by atoms with van der Waals surface area (Å²) in [6.07, 6.45) is -3.35. The number of hydrogen-bond acceptors (Lipinski definition) is 5. The van der Waals surface area contributed by atoms with Gasteiger partial charge in [-0.05, 0) is 32.9 Å². The number of carbonyl (C=O) groups is 1. The summed E-state index contributed by atoms with van der Waals surface area (Å²) in [7, 11) is 0. The van der Waals surface area contributed by atoms with Crippen molar-refractivity contribution in [1.29, 1.82) is 0 Å². The minimum absolute atomic E-state index is 0.0795. The number of amides is 1. The van der Waals surface area contributed by atoms with Gasteiger partial charge >= 0.3 is 6.18 Å². The summed E-state index contributed by atoms with van der Waals surface area (Å²) in [6.45, 7) is 5.83. The normalized spacial score (nSPS) is 18.8. The Morgan fingerprint density at radius 3 is 2.46 bits per heavy atom. The lowest BCUT2D eigenvalue weighted by molar-refractivity contribution is -0.141. The Hall–Kier alpha value is -1.64. The highest BCUT2D eigenvalue weighted by molar-refractivity contribution is 5.78. The fourth-order valence-electron chi connectivity index (χ4n) is 2.69. The van der Waals surface area contributed by atoms with Gasteiger partial charge in [-0.25, -0.2) is 0 Å². The van der Waals surface area contributed by atoms with Crippen LogP contribution in [-0.2, 0) is 4.79 Å². The van der Waals surface area contributed by atoms with Crippen LogP contribution in [0.4, 0.5) is 13.2 Å². The molecule has 0 unspecified atom stereocenters. The molecule has 9 heteroatoms. The summed E-state index contributed by atoms with van der Waals surface area (Å²) in [5.74, 6) is 0.443. The van der Waals surface area contributed by atoms with Gasteiger partial charge < -0.3 is 9.84 Å². The number of hydrogen-bond donors (Lipinski definition) is 1. The monoisotopic (exact) mass is 348 g/mol. The number of rotatable bonds is 5. The number of nitrogens with one attached hydrogen (secondary N) is 1. The average molecular weight is 348 g/mol. The Morgan fingerprint density at radius 2 is 1.96 bits per heavy atom. The molecule has 0 radical (unpaired) electrons. The second-order valence-electron chi connectivity index (χ2n) is 6.46. The maximum Gasteiger partial charge on any atom is 0.405 e. The quantitative estimate of drug-likeness (QED) is 0.886. The lowest BCUT2D eigenvalue weighted by atomic mass is 9.95. The number of likely N-dealkylation sites (tertiary alicyclic amines) is 1. The molecule has 1 saturated heterocycles. The molecule has 24 heavy (non-hydrogen) atoms. The Morgan fingerprint density at radius 1 is 1.33 bits per heavy atom. The van der Waals surface area contributed by atoms with E-state index in [1.807, 2.05) is 26.1 Å². The van der Waals surface area contributed by atoms with Gasteiger partial charge in [0.25, 0.3) is 0 Å². The van der Waals surface area contributed by atoms with E-state index in [1.165, 1.54) is 0 Å². The average Bonchev–Trinajstić information content (AvgIpc) is 3.01. The van der Waals surface area contributed by atoms with Crippen LogP contribution in [0.25, 0.3) is 0 Å². The molecule has 0 spiro atoms. The fraction of sp³-hybridized carbons (Fsp3) is 0.800. The summed E-state index contributed by atoms with van der Waals surface area (Å²) in [5, 5.41) is 5.90. The van der Waals surface area contributed by atoms with Crippen LogP contribution in [0.3, 0.4) is 0 Å². The highest BCUT2D eigenvalue weighted by Gasteiger charge is 2.32. The van der Waals surface area contributed by atoms with E-state index < -0.39 is 18.6 Å². The topological polar surface area (TPSA) is 71.3 Å². The molecule has 2 rings (SSSR count). The summed E-state index contributed by atoms with van der Waals surface area (Å²) >= 11 is 0. The molecular formula is C15H23F3N4O2. The molecule has 0 bridgehead atoms. The molecule has 1 aromatic heterocycles. The lowest BCUT2D eigenvalue weighted by Gasteiger charge is -2.33. The van der Waals surface area contributed by atoms with Gasteiger partial charge in [0.2, 0.25) is 11.8 Å². The number of carbonyl (C=O) groups excluding carboxylic acids is 1. The van der Waals surface area contributed by atoms with Crippen LogP contribution in [0.15, 0.2) is 4.52 Å². The number of alkyl halides is 3. The van der Waals surface area contributed by atoms with Gasteiger partial charge in [0.1, 0.15) is 6.54 Å². The van der Waals surface area contributed by atoms with Crippen LogP contribution >= 0.6 is 0 Å². The predicted molar refractivity (Wildman–Crippen MR) is 80.2 cm³/mol. The number of aromatic nitrogens is 2. The standard InChI is InChI=1S/C15H23F3N4O2/c1-9(2)12-20-14(24-21-12)10(3)22-6-4-11(5-7-22)13(23)19-8-15(16,17)18/h9-11H,4-8H2,1-3H3,(H,19,23)/t10-/m0/s1. The van der Waals surface area contributed by atoms with E-state index in [4.69, 9.17) is 4.52 Å². The highest BCUT2D eigenvalue weighted by Crippen LogP contribution is 2.26. The largest absolute Gasteiger partial charge is 0.405 e. The second-order valence-corrected chi connectivity index (χ2v) is 6.46. The molecule has 6 nitrogen and oxygen atoms in total. The zero-order valence-electron chi connectivity index (χ0n) is 14.1. The lowest BCUT2D eigenvalue weighted by Crippen LogP contribution is -2.43. The smallest absolute Gasteiger partial charge is 0.347 e. The Labute approximate surface area is 138 Å². The maximum atomic E-state index is 12.2. The molecule has 1 aliphatic rings. The van der Waals surface area contributed by atoms with E-state index in [1.54, 1.807) is 0 Å². The summed E-state index contributed by atoms with van der Waals surface area (Å²) in [6, 6.07) is -0.0795. The molecule has 1 aliphatic heterocycles. The molecule has 1 aromatic rings. The summed E-state index contributed by atoms with van der Waals surface area (Å²) in [5.41, 5.74) is 0. The molecule has 1 N–H and O–H groups in total. The van der Waals surface area contributed by atoms with Crippen molar-refractivity contribution in [1.82, 2.24) is 20.4 Å². The van der Waals surface area contributed by atoms with Gasteiger partial charge in [-0.2, -0.15) is 18.2 Å². The molecule has 0 saturated carbocycles. The Kier molecular flexibility index (Phi) is 5.84. The van der Waals surface area contributed by atoms with Crippen LogP contribution in [0, 0.1) is 5.92 Å². The second kappa shape index (κ2) is 7.50. The molecule has 1 amide bonds. The van der Waals surface area contributed by atoms with Crippen molar-refractivity contribution in [2.45, 2.75) is 51.7 Å². The molecule has 1 fully saturated rings. The van der Waals surface area contributed by atoms with Crippen molar-refractivity contribution in [3.63, 3.8) is 0 Å². The third kappa shape index (κ3) is 4.93. The molecule has 2 heterocycles. The number of piperidine rings is 1. The fourth-order valence-corrected chi connectivity index (χ4v) is 2.69. The van der Waals surface area contributed by atoms with E-state index in [-0.39, 0.29) is 17.9 Å². The van der Waals surface area contributed by atoms with E-state index >= 15 is 0 Å². The SMILES string of the molecule is CC(C)c1noc([C@H](C)N2CCC(C(=O)NCC(F)(F)F)CC2)n1. The molecule has 136 valence electrons. The number of halogens is 3. The molecule has 0 aliphatic carbocycles. The van der Waals surface area contributed by atoms with Crippen LogP contribution in [-0.4, -0.2) is 46.8 Å². The van der Waals surface area contributed by atoms with Crippen molar-refractivity contribution in [3.05, 3.63) is 11.7 Å². The zero-order chi connectivity index (χ0) is 17.9. The first kappa shape index (κ1) is 18.7. The molecular weight excluding hydrogens is 325 g/mol. The minimum Gasteiger partial charge on any atom is -0.347 e. The van der Waals surface area contributed by atoms with Crippen molar-refractivity contribution in [2.24, 2.45) is 5.92 Å². The predicted octanol–water partition coefficient (Wildman–Crippen LogP) is 2.64. The Bertz CT molecular complexity index is 551. The van der Waals surface area contributed by atoms with E-state index in [2.05, 4.69) is 15.0 Å². The van der Waals surface area contributed by atoms with E-state index in [0.29, 0.717) is 37.6 Å². The van der Waals surface area contributed by atoms with E-state index in [9.17, 15) is 18.0 Å². The number of nitrogens with zero attached hydrogens (tertiary/aromatic N) is 3.